The normalized spacial score (nSPS) is 20.2. The van der Waals surface area contributed by atoms with E-state index in [0.29, 0.717) is 51.6 Å². The van der Waals surface area contributed by atoms with Crippen molar-refractivity contribution in [2.24, 2.45) is 17.6 Å². The van der Waals surface area contributed by atoms with Gasteiger partial charge in [-0.15, -0.1) is 11.3 Å². The summed E-state index contributed by atoms with van der Waals surface area (Å²) >= 11 is 1.33. The van der Waals surface area contributed by atoms with Crippen molar-refractivity contribution in [2.45, 2.75) is 39.3 Å². The highest BCUT2D eigenvalue weighted by molar-refractivity contribution is 7.17. The number of piperidine rings is 1. The zero-order valence-electron chi connectivity index (χ0n) is 22.2. The van der Waals surface area contributed by atoms with Crippen molar-refractivity contribution in [3.8, 4) is 28.0 Å². The fourth-order valence-corrected chi connectivity index (χ4v) is 6.07. The van der Waals surface area contributed by atoms with Crippen LogP contribution in [0.15, 0.2) is 48.8 Å². The van der Waals surface area contributed by atoms with Crippen molar-refractivity contribution >= 4 is 17.2 Å². The summed E-state index contributed by atoms with van der Waals surface area (Å²) in [6, 6.07) is 10.5. The second kappa shape index (κ2) is 9.46. The molecule has 0 bridgehead atoms. The maximum absolute atomic E-state index is 13.9. The Balaban J connectivity index is 1.17. The minimum Gasteiger partial charge on any atom is -0.474 e. The van der Waals surface area contributed by atoms with E-state index < -0.39 is 5.54 Å². The van der Waals surface area contributed by atoms with Crippen LogP contribution in [0.25, 0.3) is 22.1 Å². The number of aryl methyl sites for hydroxylation is 2. The number of nitrogens with zero attached hydrogens (tertiary/aromatic N) is 5. The van der Waals surface area contributed by atoms with E-state index in [-0.39, 0.29) is 29.7 Å². The number of aromatic nitrogens is 4. The van der Waals surface area contributed by atoms with Gasteiger partial charge in [-0.25, -0.2) is 24.3 Å². The van der Waals surface area contributed by atoms with Crippen LogP contribution in [0, 0.1) is 31.5 Å². The fraction of sp³-hybridized carbons (Fsp3) is 0.345. The van der Waals surface area contributed by atoms with Gasteiger partial charge in [-0.05, 0) is 69.2 Å². The number of ether oxygens (including phenoxy) is 1. The number of likely N-dealkylation sites (tertiary alicyclic amines) is 1. The number of thiazole rings is 1. The van der Waals surface area contributed by atoms with Crippen molar-refractivity contribution in [3.63, 3.8) is 0 Å². The molecule has 2 aliphatic rings. The van der Waals surface area contributed by atoms with Gasteiger partial charge in [-0.1, -0.05) is 0 Å². The summed E-state index contributed by atoms with van der Waals surface area (Å²) in [6.45, 7) is 8.67. The minimum absolute atomic E-state index is 0.0166. The molecule has 1 unspecified atom stereocenters. The van der Waals surface area contributed by atoms with Crippen LogP contribution >= 0.6 is 11.3 Å². The third-order valence-corrected chi connectivity index (χ3v) is 8.55. The summed E-state index contributed by atoms with van der Waals surface area (Å²) in [5.74, 6) is 1.23. The quantitative estimate of drug-likeness (QED) is 0.373. The SMILES string of the molecule is Cc1cc(-c2cc(C(C)(C)N)cc(OC3[C@H]4CN(C(=O)c5sc(-c6ncccn6)nc5C)C[C@@H]34)n2)ccc1F. The Bertz CT molecular complexity index is 1560. The largest absolute Gasteiger partial charge is 0.474 e. The van der Waals surface area contributed by atoms with E-state index in [4.69, 9.17) is 15.5 Å². The summed E-state index contributed by atoms with van der Waals surface area (Å²) in [5.41, 5.74) is 9.43. The Hall–Kier alpha value is -3.76. The Morgan fingerprint density at radius 2 is 1.82 bits per heavy atom. The van der Waals surface area contributed by atoms with Gasteiger partial charge in [0.05, 0.1) is 11.4 Å². The molecule has 0 spiro atoms. The molecule has 6 rings (SSSR count). The third-order valence-electron chi connectivity index (χ3n) is 7.41. The number of nitrogens with two attached hydrogens (primary N) is 1. The van der Waals surface area contributed by atoms with Gasteiger partial charge in [-0.2, -0.15) is 0 Å². The minimum atomic E-state index is -0.607. The smallest absolute Gasteiger partial charge is 0.265 e. The molecule has 4 aromatic rings. The van der Waals surface area contributed by atoms with Gasteiger partial charge in [0.1, 0.15) is 16.8 Å². The van der Waals surface area contributed by atoms with Crippen LogP contribution in [-0.2, 0) is 5.54 Å². The molecular weight excluding hydrogens is 515 g/mol. The number of pyridine rings is 1. The highest BCUT2D eigenvalue weighted by Crippen LogP contribution is 2.48. The number of hydrogen-bond donors (Lipinski definition) is 1. The van der Waals surface area contributed by atoms with E-state index in [9.17, 15) is 9.18 Å². The fourth-order valence-electron chi connectivity index (χ4n) is 5.09. The van der Waals surface area contributed by atoms with Crippen LogP contribution in [-0.4, -0.2) is 49.9 Å². The molecule has 39 heavy (non-hydrogen) atoms. The first-order chi connectivity index (χ1) is 18.6. The maximum atomic E-state index is 13.9. The number of carbonyl (C=O) groups is 1. The summed E-state index contributed by atoms with van der Waals surface area (Å²) in [7, 11) is 0. The topological polar surface area (TPSA) is 107 Å². The van der Waals surface area contributed by atoms with Gasteiger partial charge in [0.15, 0.2) is 10.8 Å². The van der Waals surface area contributed by atoms with Crippen LogP contribution in [0.3, 0.4) is 0 Å². The summed E-state index contributed by atoms with van der Waals surface area (Å²) in [4.78, 5) is 33.6. The van der Waals surface area contributed by atoms with Crippen LogP contribution in [0.5, 0.6) is 5.88 Å². The predicted octanol–water partition coefficient (Wildman–Crippen LogP) is 4.76. The zero-order chi connectivity index (χ0) is 27.5. The van der Waals surface area contributed by atoms with E-state index in [1.165, 1.54) is 17.4 Å². The van der Waals surface area contributed by atoms with E-state index >= 15 is 0 Å². The number of hydrogen-bond acceptors (Lipinski definition) is 8. The van der Waals surface area contributed by atoms with Crippen LogP contribution in [0.2, 0.25) is 0 Å². The van der Waals surface area contributed by atoms with Crippen molar-refractivity contribution in [1.29, 1.82) is 0 Å². The number of amides is 1. The van der Waals surface area contributed by atoms with E-state index in [0.717, 1.165) is 11.1 Å². The second-order valence-corrected chi connectivity index (χ2v) is 11.9. The summed E-state index contributed by atoms with van der Waals surface area (Å²) in [6.07, 6.45) is 3.31. The van der Waals surface area contributed by atoms with Gasteiger partial charge in [0, 0.05) is 54.5 Å². The highest BCUT2D eigenvalue weighted by atomic mass is 32.1. The van der Waals surface area contributed by atoms with Gasteiger partial charge in [0.25, 0.3) is 5.91 Å². The second-order valence-electron chi connectivity index (χ2n) is 10.9. The molecule has 1 aromatic carbocycles. The number of carbonyl (C=O) groups excluding carboxylic acids is 1. The Kier molecular flexibility index (Phi) is 6.19. The molecule has 1 saturated carbocycles. The zero-order valence-corrected chi connectivity index (χ0v) is 23.0. The molecule has 3 atom stereocenters. The lowest BCUT2D eigenvalue weighted by Gasteiger charge is -2.22. The lowest BCUT2D eigenvalue weighted by Crippen LogP contribution is -2.33. The van der Waals surface area contributed by atoms with Crippen molar-refractivity contribution in [3.05, 3.63) is 76.3 Å². The first-order valence-corrected chi connectivity index (χ1v) is 13.7. The van der Waals surface area contributed by atoms with Gasteiger partial charge >= 0.3 is 0 Å². The molecule has 2 fully saturated rings. The molecule has 3 aromatic heterocycles. The monoisotopic (exact) mass is 544 g/mol. The summed E-state index contributed by atoms with van der Waals surface area (Å²) < 4.78 is 20.2. The molecule has 4 heterocycles. The van der Waals surface area contributed by atoms with Gasteiger partial charge in [0.2, 0.25) is 5.88 Å². The molecule has 200 valence electrons. The van der Waals surface area contributed by atoms with Crippen LogP contribution in [0.4, 0.5) is 4.39 Å². The Morgan fingerprint density at radius 1 is 1.10 bits per heavy atom. The predicted molar refractivity (Wildman–Crippen MR) is 147 cm³/mol. The molecule has 8 nitrogen and oxygen atoms in total. The molecular formula is C29H29FN6O2S. The molecule has 1 aliphatic heterocycles. The summed E-state index contributed by atoms with van der Waals surface area (Å²) in [5, 5.41) is 0.642. The third kappa shape index (κ3) is 4.90. The molecule has 10 heteroatoms. The number of rotatable bonds is 6. The van der Waals surface area contributed by atoms with Crippen molar-refractivity contribution in [1.82, 2.24) is 24.8 Å². The lowest BCUT2D eigenvalue weighted by molar-refractivity contribution is 0.0755. The van der Waals surface area contributed by atoms with Crippen LogP contribution < -0.4 is 10.5 Å². The molecule has 1 saturated heterocycles. The molecule has 0 radical (unpaired) electrons. The number of fused-ring (bicyclic) bond motifs is 1. The Morgan fingerprint density at radius 3 is 2.49 bits per heavy atom. The lowest BCUT2D eigenvalue weighted by atomic mass is 9.94. The highest BCUT2D eigenvalue weighted by Gasteiger charge is 2.59. The molecule has 1 aliphatic carbocycles. The van der Waals surface area contributed by atoms with E-state index in [2.05, 4.69) is 15.0 Å². The number of halogens is 1. The van der Waals surface area contributed by atoms with Crippen LogP contribution in [0.1, 0.15) is 40.3 Å². The molecule has 2 N–H and O–H groups in total. The average molecular weight is 545 g/mol. The van der Waals surface area contributed by atoms with Crippen molar-refractivity contribution < 1.29 is 13.9 Å². The van der Waals surface area contributed by atoms with Gasteiger partial charge in [-0.3, -0.25) is 4.79 Å². The Labute approximate surface area is 230 Å². The van der Waals surface area contributed by atoms with Gasteiger partial charge < -0.3 is 15.4 Å². The van der Waals surface area contributed by atoms with Crippen molar-refractivity contribution in [2.75, 3.05) is 13.1 Å². The van der Waals surface area contributed by atoms with E-state index in [1.54, 1.807) is 37.5 Å². The molecule has 1 amide bonds. The number of benzene rings is 1. The maximum Gasteiger partial charge on any atom is 0.265 e. The average Bonchev–Trinajstić information content (AvgIpc) is 3.22. The standard InChI is InChI=1S/C29H29FN6O2S/c1-15-10-17(6-7-21(15)30)22-11-18(29(3,4)31)12-23(35-22)38-24-19-13-36(14-20(19)24)28(37)25-16(2)34-27(39-25)26-32-8-5-9-33-26/h5-12,19-20,24H,13-14,31H2,1-4H3/t19-,20+,24?. The first kappa shape index (κ1) is 25.5. The first-order valence-electron chi connectivity index (χ1n) is 12.9. The van der Waals surface area contributed by atoms with E-state index in [1.807, 2.05) is 37.8 Å².